The van der Waals surface area contributed by atoms with E-state index in [1.165, 1.54) is 23.1 Å². The summed E-state index contributed by atoms with van der Waals surface area (Å²) in [4.78, 5) is 32.0. The molecule has 194 valence electrons. The highest BCUT2D eigenvalue weighted by Crippen LogP contribution is 2.28. The Labute approximate surface area is 214 Å². The van der Waals surface area contributed by atoms with Crippen LogP contribution in [0.15, 0.2) is 42.7 Å². The Kier molecular flexibility index (Phi) is 9.19. The Morgan fingerprint density at radius 2 is 2.06 bits per heavy atom. The van der Waals surface area contributed by atoms with Crippen molar-refractivity contribution in [3.8, 4) is 0 Å². The van der Waals surface area contributed by atoms with Crippen LogP contribution in [0.3, 0.4) is 0 Å². The van der Waals surface area contributed by atoms with Crippen LogP contribution in [0, 0.1) is 5.82 Å². The number of hydrazine groups is 1. The van der Waals surface area contributed by atoms with Gasteiger partial charge in [-0.15, -0.1) is 0 Å². The number of halogens is 1. The van der Waals surface area contributed by atoms with Crippen LogP contribution >= 0.6 is 12.2 Å². The number of nitrogens with zero attached hydrogens (tertiary/aromatic N) is 4. The smallest absolute Gasteiger partial charge is 0.414 e. The van der Waals surface area contributed by atoms with Gasteiger partial charge in [0.25, 0.3) is 5.17 Å². The van der Waals surface area contributed by atoms with Gasteiger partial charge in [-0.05, 0) is 42.5 Å². The number of hydrogen-bond acceptors (Lipinski definition) is 8. The summed E-state index contributed by atoms with van der Waals surface area (Å²) in [7, 11) is 1.45. The number of urea groups is 1. The molecular weight excluding hydrogens is 489 g/mol. The maximum absolute atomic E-state index is 15.1. The zero-order valence-electron chi connectivity index (χ0n) is 19.1. The number of carbonyl (C=O) groups excluding carboxylic acids is 2. The number of cyclic esters (lactones) is 1. The van der Waals surface area contributed by atoms with E-state index in [9.17, 15) is 9.59 Å². The lowest BCUT2D eigenvalue weighted by molar-refractivity contribution is 0.142. The van der Waals surface area contributed by atoms with E-state index in [0.29, 0.717) is 49.8 Å². The van der Waals surface area contributed by atoms with Crippen molar-refractivity contribution in [2.45, 2.75) is 13.5 Å². The maximum atomic E-state index is 15.1. The van der Waals surface area contributed by atoms with Crippen molar-refractivity contribution in [2.24, 2.45) is 0 Å². The number of hydrogen-bond donors (Lipinski definition) is 3. The van der Waals surface area contributed by atoms with Crippen LogP contribution in [-0.4, -0.2) is 79.8 Å². The number of carbonyl (C=O) groups is 2. The molecule has 0 aliphatic carbocycles. The number of pyridine rings is 1. The van der Waals surface area contributed by atoms with E-state index in [1.54, 1.807) is 36.7 Å². The minimum atomic E-state index is -0.554. The van der Waals surface area contributed by atoms with Gasteiger partial charge in [-0.2, -0.15) is 0 Å². The molecule has 2 saturated heterocycles. The molecule has 1 aromatic carbocycles. The first kappa shape index (κ1) is 26.9. The van der Waals surface area contributed by atoms with Crippen LogP contribution in [0.4, 0.5) is 31.0 Å². The van der Waals surface area contributed by atoms with Gasteiger partial charge < -0.3 is 25.0 Å². The molecule has 0 bridgehead atoms. The molecule has 0 unspecified atom stereocenters. The third-order valence-corrected chi connectivity index (χ3v) is 5.88. The van der Waals surface area contributed by atoms with E-state index in [0.717, 1.165) is 0 Å². The minimum absolute atomic E-state index is 0. The van der Waals surface area contributed by atoms with Crippen LogP contribution in [-0.2, 0) is 9.47 Å². The van der Waals surface area contributed by atoms with Gasteiger partial charge in [-0.1, -0.05) is 7.43 Å². The van der Waals surface area contributed by atoms with Crippen molar-refractivity contribution in [2.75, 3.05) is 61.5 Å². The molecule has 2 aliphatic heterocycles. The molecule has 3 amide bonds. The lowest BCUT2D eigenvalue weighted by atomic mass is 10.2. The molecule has 0 radical (unpaired) electrons. The van der Waals surface area contributed by atoms with Crippen molar-refractivity contribution >= 4 is 46.6 Å². The largest absolute Gasteiger partial charge is 0.474 e. The molecule has 3 heterocycles. The van der Waals surface area contributed by atoms with E-state index in [1.807, 2.05) is 4.90 Å². The maximum Gasteiger partial charge on any atom is 0.414 e. The Morgan fingerprint density at radius 1 is 1.28 bits per heavy atom. The van der Waals surface area contributed by atoms with Gasteiger partial charge in [0, 0.05) is 37.7 Å². The molecular formula is C23H30FN7O4S. The number of nitrogens with one attached hydrogen (secondary N) is 3. The van der Waals surface area contributed by atoms with Gasteiger partial charge in [0.2, 0.25) is 0 Å². The topological polar surface area (TPSA) is 111 Å². The van der Waals surface area contributed by atoms with E-state index < -0.39 is 18.0 Å². The second-order valence-electron chi connectivity index (χ2n) is 7.84. The molecule has 1 aromatic heterocycles. The summed E-state index contributed by atoms with van der Waals surface area (Å²) in [5.74, 6) is -0.466. The number of amides is 3. The standard InChI is InChI=1S/C22H26FN7O4S.CH4/c1-33-21(35)25-13-17-14-29(22(32)34-17)16-2-3-19(18(23)12-16)28-9-8-26-30(11-10-28)20(31)27-15-4-6-24-7-5-15;/h2-7,12,17,26H,8-11,13-14H2,1H3,(H,25,35)(H,24,27,31);1H4/t17-;/m0./s1. The van der Waals surface area contributed by atoms with Crippen LogP contribution in [0.2, 0.25) is 0 Å². The summed E-state index contributed by atoms with van der Waals surface area (Å²) in [6.07, 6.45) is 2.19. The number of benzene rings is 1. The number of ether oxygens (including phenoxy) is 2. The summed E-state index contributed by atoms with van der Waals surface area (Å²) in [6.45, 7) is 2.25. The summed E-state index contributed by atoms with van der Waals surface area (Å²) in [5, 5.41) is 7.31. The zero-order chi connectivity index (χ0) is 24.8. The second-order valence-corrected chi connectivity index (χ2v) is 8.21. The molecule has 1 atom stereocenters. The van der Waals surface area contributed by atoms with E-state index in [-0.39, 0.29) is 25.2 Å². The Bertz CT molecular complexity index is 1080. The summed E-state index contributed by atoms with van der Waals surface area (Å²) in [5.41, 5.74) is 4.49. The molecule has 2 aliphatic rings. The molecule has 0 saturated carbocycles. The highest BCUT2D eigenvalue weighted by Gasteiger charge is 2.33. The van der Waals surface area contributed by atoms with Gasteiger partial charge in [0.15, 0.2) is 0 Å². The number of anilines is 3. The van der Waals surface area contributed by atoms with Crippen LogP contribution in [0.25, 0.3) is 0 Å². The summed E-state index contributed by atoms with van der Waals surface area (Å²) < 4.78 is 25.3. The van der Waals surface area contributed by atoms with E-state index in [2.05, 4.69) is 21.0 Å². The molecule has 11 nitrogen and oxygen atoms in total. The lowest BCUT2D eigenvalue weighted by Gasteiger charge is -2.24. The fourth-order valence-electron chi connectivity index (χ4n) is 3.80. The van der Waals surface area contributed by atoms with E-state index in [4.69, 9.17) is 21.7 Å². The zero-order valence-corrected chi connectivity index (χ0v) is 19.9. The molecule has 0 spiro atoms. The average Bonchev–Trinajstić information content (AvgIpc) is 3.07. The monoisotopic (exact) mass is 519 g/mol. The quantitative estimate of drug-likeness (QED) is 0.513. The Balaban J connectivity index is 0.00000361. The van der Waals surface area contributed by atoms with Gasteiger partial charge in [0.05, 0.1) is 38.1 Å². The number of thiocarbonyl (C=S) groups is 1. The first-order chi connectivity index (χ1) is 16.9. The van der Waals surface area contributed by atoms with Gasteiger partial charge >= 0.3 is 12.1 Å². The predicted octanol–water partition coefficient (Wildman–Crippen LogP) is 2.56. The second kappa shape index (κ2) is 12.3. The number of methoxy groups -OCH3 is 1. The van der Waals surface area contributed by atoms with Crippen molar-refractivity contribution in [3.05, 3.63) is 48.5 Å². The van der Waals surface area contributed by atoms with Crippen molar-refractivity contribution in [1.82, 2.24) is 20.7 Å². The summed E-state index contributed by atoms with van der Waals surface area (Å²) >= 11 is 4.92. The van der Waals surface area contributed by atoms with Crippen LogP contribution in [0.5, 0.6) is 0 Å². The Hall–Kier alpha value is -3.71. The van der Waals surface area contributed by atoms with Crippen molar-refractivity contribution in [3.63, 3.8) is 0 Å². The SMILES string of the molecule is C.COC(=S)NC[C@H]1CN(c2ccc(N3CCNN(C(=O)Nc4ccncc4)CC3)c(F)c2)C(=O)O1. The third kappa shape index (κ3) is 6.49. The molecule has 3 N–H and O–H groups in total. The highest BCUT2D eigenvalue weighted by molar-refractivity contribution is 7.80. The molecule has 4 rings (SSSR count). The van der Waals surface area contributed by atoms with Gasteiger partial charge in [-0.3, -0.25) is 14.9 Å². The Morgan fingerprint density at radius 3 is 2.78 bits per heavy atom. The first-order valence-corrected chi connectivity index (χ1v) is 11.4. The number of rotatable bonds is 5. The van der Waals surface area contributed by atoms with Gasteiger partial charge in [-0.25, -0.2) is 19.4 Å². The fraction of sp³-hybridized carbons (Fsp3) is 0.391. The molecule has 13 heteroatoms. The normalized spacial score (nSPS) is 17.6. The average molecular weight is 520 g/mol. The summed E-state index contributed by atoms with van der Waals surface area (Å²) in [6, 6.07) is 7.72. The predicted molar refractivity (Wildman–Crippen MR) is 139 cm³/mol. The lowest BCUT2D eigenvalue weighted by Crippen LogP contribution is -2.46. The van der Waals surface area contributed by atoms with Crippen molar-refractivity contribution in [1.29, 1.82) is 0 Å². The fourth-order valence-corrected chi connectivity index (χ4v) is 3.88. The van der Waals surface area contributed by atoms with Crippen LogP contribution in [0.1, 0.15) is 7.43 Å². The first-order valence-electron chi connectivity index (χ1n) is 11.0. The highest BCUT2D eigenvalue weighted by atomic mass is 32.1. The third-order valence-electron chi connectivity index (χ3n) is 5.57. The molecule has 2 aromatic rings. The van der Waals surface area contributed by atoms with Crippen molar-refractivity contribution < 1.29 is 23.5 Å². The number of aromatic nitrogens is 1. The van der Waals surface area contributed by atoms with Crippen LogP contribution < -0.4 is 25.9 Å². The van der Waals surface area contributed by atoms with Gasteiger partial charge in [0.1, 0.15) is 11.9 Å². The molecule has 2 fully saturated rings. The molecule has 36 heavy (non-hydrogen) atoms. The minimum Gasteiger partial charge on any atom is -0.474 e. The van der Waals surface area contributed by atoms with E-state index >= 15 is 4.39 Å².